The highest BCUT2D eigenvalue weighted by Gasteiger charge is 2.39. The van der Waals surface area contributed by atoms with E-state index in [0.29, 0.717) is 44.3 Å². The summed E-state index contributed by atoms with van der Waals surface area (Å²) >= 11 is 5.98. The van der Waals surface area contributed by atoms with Gasteiger partial charge in [-0.25, -0.2) is 9.24 Å². The first-order valence-corrected chi connectivity index (χ1v) is 13.2. The molecule has 1 aliphatic heterocycles. The fraction of sp³-hybridized carbons (Fsp3) is 0.536. The molecule has 1 heterocycles. The summed E-state index contributed by atoms with van der Waals surface area (Å²) in [7, 11) is 0. The Morgan fingerprint density at radius 3 is 2.61 bits per heavy atom. The van der Waals surface area contributed by atoms with Crippen LogP contribution in [-0.2, 0) is 14.4 Å². The maximum Gasteiger partial charge on any atom is 0.227 e. The molecule has 0 unspecified atom stereocenters. The first-order valence-electron chi connectivity index (χ1n) is 12.8. The lowest BCUT2D eigenvalue weighted by molar-refractivity contribution is -0.142. The van der Waals surface area contributed by atoms with Gasteiger partial charge in [0.1, 0.15) is 6.67 Å². The zero-order chi connectivity index (χ0) is 28.4. The van der Waals surface area contributed by atoms with Gasteiger partial charge in [0.25, 0.3) is 0 Å². The van der Waals surface area contributed by atoms with E-state index in [1.165, 1.54) is 23.1 Å². The summed E-state index contributed by atoms with van der Waals surface area (Å²) in [6, 6.07) is 3.73. The Balaban J connectivity index is 2.12. The number of hydrogen-bond donors (Lipinski definition) is 2. The van der Waals surface area contributed by atoms with E-state index < -0.39 is 30.3 Å². The molecule has 1 fully saturated rings. The number of ketones is 3. The number of likely N-dealkylation sites (tertiary alicyclic amines) is 1. The molecule has 0 radical (unpaired) electrons. The first-order chi connectivity index (χ1) is 18.0. The Kier molecular flexibility index (Phi) is 11.9. The van der Waals surface area contributed by atoms with E-state index in [1.807, 2.05) is 13.8 Å². The molecular weight excluding hydrogens is 511 g/mol. The van der Waals surface area contributed by atoms with E-state index in [1.54, 1.807) is 0 Å². The number of nitrogens with one attached hydrogen (secondary N) is 1. The zero-order valence-corrected chi connectivity index (χ0v) is 22.7. The van der Waals surface area contributed by atoms with E-state index in [4.69, 9.17) is 23.9 Å². The number of alkyl halides is 1. The Morgan fingerprint density at radius 1 is 1.29 bits per heavy atom. The van der Waals surface area contributed by atoms with Crippen molar-refractivity contribution in [3.63, 3.8) is 0 Å². The number of halogens is 2. The van der Waals surface area contributed by atoms with Crippen molar-refractivity contribution in [2.75, 3.05) is 19.8 Å². The van der Waals surface area contributed by atoms with E-state index in [-0.39, 0.29) is 52.8 Å². The summed E-state index contributed by atoms with van der Waals surface area (Å²) in [5.74, 6) is -2.81. The second kappa shape index (κ2) is 14.6. The van der Waals surface area contributed by atoms with E-state index in [9.17, 15) is 23.6 Å². The Hall–Kier alpha value is -3.25. The monoisotopic (exact) mass is 546 g/mol. The number of nitrogens with two attached hydrogens (primary N) is 1. The van der Waals surface area contributed by atoms with Crippen molar-refractivity contribution in [2.45, 2.75) is 58.4 Å². The van der Waals surface area contributed by atoms with Gasteiger partial charge in [-0.05, 0) is 37.7 Å². The largest absolute Gasteiger partial charge is 0.386 e. The van der Waals surface area contributed by atoms with Crippen LogP contribution in [0.25, 0.3) is 4.85 Å². The average Bonchev–Trinajstić information content (AvgIpc) is 3.38. The maximum absolute atomic E-state index is 13.6. The van der Waals surface area contributed by atoms with Crippen LogP contribution in [0.2, 0.25) is 5.02 Å². The van der Waals surface area contributed by atoms with Crippen molar-refractivity contribution in [3.05, 3.63) is 52.6 Å². The molecule has 1 saturated heterocycles. The number of hydrogen-bond acceptors (Lipinski definition) is 6. The SMILES string of the molecule is [C-]#[N+]c1cc(C(=O)C[C@H](C(=O)N2CCC[C@H]2C(=O)C[C@@H](CCCNC(=C)N)C(=O)CF)C(C)C)ccc1Cl. The molecule has 8 nitrogen and oxygen atoms in total. The summed E-state index contributed by atoms with van der Waals surface area (Å²) in [6.07, 6.45) is 1.68. The van der Waals surface area contributed by atoms with E-state index in [2.05, 4.69) is 16.7 Å². The van der Waals surface area contributed by atoms with Crippen LogP contribution in [0.4, 0.5) is 10.1 Å². The minimum atomic E-state index is -1.15. The molecule has 38 heavy (non-hydrogen) atoms. The minimum Gasteiger partial charge on any atom is -0.386 e. The van der Waals surface area contributed by atoms with Gasteiger partial charge in [-0.1, -0.05) is 44.2 Å². The molecule has 3 N–H and O–H groups in total. The number of Topliss-reactive ketones (excluding diaryl/α,β-unsaturated/α-hetero) is 3. The van der Waals surface area contributed by atoms with Crippen LogP contribution in [0, 0.1) is 24.3 Å². The quantitative estimate of drug-likeness (QED) is 0.188. The lowest BCUT2D eigenvalue weighted by Gasteiger charge is -2.30. The van der Waals surface area contributed by atoms with Gasteiger partial charge in [-0.2, -0.15) is 0 Å². The molecule has 0 aromatic heterocycles. The third-order valence-electron chi connectivity index (χ3n) is 6.94. The van der Waals surface area contributed by atoms with Crippen LogP contribution < -0.4 is 11.1 Å². The molecule has 0 saturated carbocycles. The predicted molar refractivity (Wildman–Crippen MR) is 144 cm³/mol. The normalized spacial score (nSPS) is 16.5. The fourth-order valence-electron chi connectivity index (χ4n) is 4.74. The molecule has 0 bridgehead atoms. The smallest absolute Gasteiger partial charge is 0.227 e. The number of benzene rings is 1. The van der Waals surface area contributed by atoms with E-state index in [0.717, 1.165) is 0 Å². The summed E-state index contributed by atoms with van der Waals surface area (Å²) < 4.78 is 13.2. The Labute approximate surface area is 228 Å². The standard InChI is InChI=1S/C28H36ClFN4O4/c1-17(2)21(15-25(35)20-9-10-22(29)23(13-20)32-4)28(38)34-12-6-8-24(34)26(36)14-19(27(37)16-30)7-5-11-33-18(3)31/h9-10,13,17,19,21,24,33H,3,5-8,11-12,14-16,31H2,1-2H3/t19-,21+,24+/m1/s1. The fourth-order valence-corrected chi connectivity index (χ4v) is 4.90. The van der Waals surface area contributed by atoms with Crippen molar-refractivity contribution in [2.24, 2.45) is 23.5 Å². The molecule has 1 aliphatic rings. The number of rotatable bonds is 15. The van der Waals surface area contributed by atoms with Gasteiger partial charge >= 0.3 is 0 Å². The Morgan fingerprint density at radius 2 is 2.00 bits per heavy atom. The first kappa shape index (κ1) is 31.0. The summed E-state index contributed by atoms with van der Waals surface area (Å²) in [6.45, 7) is 14.1. The highest BCUT2D eigenvalue weighted by Crippen LogP contribution is 2.30. The summed E-state index contributed by atoms with van der Waals surface area (Å²) in [4.78, 5) is 56.9. The lowest BCUT2D eigenvalue weighted by Crippen LogP contribution is -2.45. The third-order valence-corrected chi connectivity index (χ3v) is 7.26. The number of amides is 1. The Bertz CT molecular complexity index is 1100. The predicted octanol–water partition coefficient (Wildman–Crippen LogP) is 4.64. The molecule has 206 valence electrons. The van der Waals surface area contributed by atoms with Gasteiger partial charge in [-0.3, -0.25) is 19.2 Å². The summed E-state index contributed by atoms with van der Waals surface area (Å²) in [5, 5.41) is 3.09. The van der Waals surface area contributed by atoms with Gasteiger partial charge < -0.3 is 16.0 Å². The lowest BCUT2D eigenvalue weighted by atomic mass is 9.86. The summed E-state index contributed by atoms with van der Waals surface area (Å²) in [5.41, 5.74) is 5.93. The van der Waals surface area contributed by atoms with Gasteiger partial charge in [0.2, 0.25) is 11.6 Å². The van der Waals surface area contributed by atoms with Crippen LogP contribution in [0.5, 0.6) is 0 Å². The number of carbonyl (C=O) groups is 4. The molecule has 1 aromatic carbocycles. The molecular formula is C28H36ClFN4O4. The second-order valence-electron chi connectivity index (χ2n) is 10.0. The van der Waals surface area contributed by atoms with Gasteiger partial charge in [0.05, 0.1) is 18.4 Å². The highest BCUT2D eigenvalue weighted by atomic mass is 35.5. The van der Waals surface area contributed by atoms with Gasteiger partial charge in [-0.15, -0.1) is 0 Å². The third kappa shape index (κ3) is 8.38. The average molecular weight is 547 g/mol. The zero-order valence-electron chi connectivity index (χ0n) is 22.0. The molecule has 1 aromatic rings. The van der Waals surface area contributed by atoms with E-state index >= 15 is 0 Å². The highest BCUT2D eigenvalue weighted by molar-refractivity contribution is 6.33. The minimum absolute atomic E-state index is 0.0740. The second-order valence-corrected chi connectivity index (χ2v) is 10.4. The van der Waals surface area contributed by atoms with Gasteiger partial charge in [0.15, 0.2) is 17.3 Å². The van der Waals surface area contributed by atoms with Crippen LogP contribution in [-0.4, -0.2) is 54.0 Å². The van der Waals surface area contributed by atoms with Crippen LogP contribution in [0.15, 0.2) is 30.6 Å². The van der Waals surface area contributed by atoms with Gasteiger partial charge in [0, 0.05) is 48.4 Å². The van der Waals surface area contributed by atoms with Crippen molar-refractivity contribution < 1.29 is 23.6 Å². The molecule has 1 amide bonds. The molecule has 0 aliphatic carbocycles. The van der Waals surface area contributed by atoms with Crippen LogP contribution in [0.1, 0.15) is 62.7 Å². The topological polar surface area (TPSA) is 114 Å². The maximum atomic E-state index is 13.6. The molecule has 10 heteroatoms. The van der Waals surface area contributed by atoms with Crippen molar-refractivity contribution in [3.8, 4) is 0 Å². The molecule has 0 spiro atoms. The van der Waals surface area contributed by atoms with Crippen molar-refractivity contribution in [1.29, 1.82) is 0 Å². The van der Waals surface area contributed by atoms with Crippen molar-refractivity contribution >= 4 is 40.5 Å². The molecule has 3 atom stereocenters. The van der Waals surface area contributed by atoms with Crippen LogP contribution >= 0.6 is 11.6 Å². The van der Waals surface area contributed by atoms with Crippen LogP contribution in [0.3, 0.4) is 0 Å². The number of carbonyl (C=O) groups excluding carboxylic acids is 4. The number of nitrogens with zero attached hydrogens (tertiary/aromatic N) is 2. The molecule has 2 rings (SSSR count). The van der Waals surface area contributed by atoms with Crippen molar-refractivity contribution in [1.82, 2.24) is 10.2 Å².